The maximum atomic E-state index is 5.28. The van der Waals surface area contributed by atoms with E-state index in [0.29, 0.717) is 6.54 Å². The van der Waals surface area contributed by atoms with Crippen LogP contribution >= 0.6 is 11.3 Å². The Hall–Kier alpha value is -2.14. The van der Waals surface area contributed by atoms with Crippen molar-refractivity contribution in [2.75, 3.05) is 12.4 Å². The van der Waals surface area contributed by atoms with E-state index in [1.165, 1.54) is 0 Å². The summed E-state index contributed by atoms with van der Waals surface area (Å²) in [6, 6.07) is 7.98. The highest BCUT2D eigenvalue weighted by Gasteiger charge is 2.05. The number of aryl methyl sites for hydroxylation is 1. The smallest absolute Gasteiger partial charge is 0.134 e. The summed E-state index contributed by atoms with van der Waals surface area (Å²) >= 11 is 1.66. The molecule has 0 saturated carbocycles. The number of nitrogens with one attached hydrogen (secondary N) is 1. The van der Waals surface area contributed by atoms with Crippen molar-refractivity contribution < 1.29 is 4.74 Å². The molecule has 3 rings (SSSR count). The quantitative estimate of drug-likeness (QED) is 0.795. The summed E-state index contributed by atoms with van der Waals surface area (Å²) in [5.41, 5.74) is 1.05. The topological polar surface area (TPSA) is 47.0 Å². The van der Waals surface area contributed by atoms with Gasteiger partial charge in [-0.1, -0.05) is 6.07 Å². The van der Waals surface area contributed by atoms with Gasteiger partial charge in [-0.2, -0.15) is 0 Å². The number of methoxy groups -OCH3 is 1. The minimum Gasteiger partial charge on any atom is -0.497 e. The maximum absolute atomic E-state index is 5.28. The molecule has 4 nitrogen and oxygen atoms in total. The summed E-state index contributed by atoms with van der Waals surface area (Å²) in [5.74, 6) is 1.69. The van der Waals surface area contributed by atoms with E-state index in [4.69, 9.17) is 4.74 Å². The van der Waals surface area contributed by atoms with Crippen LogP contribution in [0.2, 0.25) is 0 Å². The van der Waals surface area contributed by atoms with Crippen molar-refractivity contribution in [3.8, 4) is 5.75 Å². The van der Waals surface area contributed by atoms with Crippen LogP contribution in [0.25, 0.3) is 10.8 Å². The molecule has 0 aliphatic rings. The molecule has 2 aromatic heterocycles. The van der Waals surface area contributed by atoms with E-state index in [0.717, 1.165) is 33.0 Å². The van der Waals surface area contributed by atoms with Crippen LogP contribution in [0.4, 0.5) is 5.82 Å². The Balaban J connectivity index is 1.90. The number of nitrogens with zero attached hydrogens (tertiary/aromatic N) is 2. The number of rotatable bonds is 4. The Kier molecular flexibility index (Phi) is 3.52. The van der Waals surface area contributed by atoms with Gasteiger partial charge in [-0.15, -0.1) is 11.3 Å². The lowest BCUT2D eigenvalue weighted by atomic mass is 10.1. The van der Waals surface area contributed by atoms with Gasteiger partial charge in [-0.05, 0) is 30.5 Å². The molecule has 0 radical (unpaired) electrons. The zero-order valence-corrected chi connectivity index (χ0v) is 12.2. The van der Waals surface area contributed by atoms with Gasteiger partial charge in [0, 0.05) is 22.7 Å². The van der Waals surface area contributed by atoms with Crippen LogP contribution in [0, 0.1) is 6.92 Å². The standard InChI is InChI=1S/C15H15N3OS/c1-10-9-20-14(18-10)8-17-15-13-7-12(19-2)4-3-11(13)5-6-16-15/h3-7,9H,8H2,1-2H3,(H,16,17). The number of hydrogen-bond donors (Lipinski definition) is 1. The molecule has 20 heavy (non-hydrogen) atoms. The van der Waals surface area contributed by atoms with E-state index >= 15 is 0 Å². The average molecular weight is 285 g/mol. The molecule has 0 unspecified atom stereocenters. The van der Waals surface area contributed by atoms with E-state index in [1.807, 2.05) is 37.4 Å². The average Bonchev–Trinajstić information content (AvgIpc) is 2.90. The highest BCUT2D eigenvalue weighted by atomic mass is 32.1. The number of anilines is 1. The molecule has 2 heterocycles. The van der Waals surface area contributed by atoms with Crippen LogP contribution in [0.1, 0.15) is 10.7 Å². The molecule has 0 aliphatic carbocycles. The molecule has 5 heteroatoms. The fourth-order valence-electron chi connectivity index (χ4n) is 2.06. The largest absolute Gasteiger partial charge is 0.497 e. The first kappa shape index (κ1) is 12.9. The minimum atomic E-state index is 0.682. The van der Waals surface area contributed by atoms with E-state index in [-0.39, 0.29) is 0 Å². The summed E-state index contributed by atoms with van der Waals surface area (Å²) in [6.07, 6.45) is 1.81. The highest BCUT2D eigenvalue weighted by molar-refractivity contribution is 7.09. The molecular formula is C15H15N3OS. The molecular weight excluding hydrogens is 270 g/mol. The first-order valence-corrected chi connectivity index (χ1v) is 7.22. The zero-order valence-electron chi connectivity index (χ0n) is 11.4. The fourth-order valence-corrected chi connectivity index (χ4v) is 2.77. The van der Waals surface area contributed by atoms with Crippen LogP contribution in [-0.2, 0) is 6.54 Å². The molecule has 1 N–H and O–H groups in total. The van der Waals surface area contributed by atoms with Gasteiger partial charge in [0.2, 0.25) is 0 Å². The predicted octanol–water partition coefficient (Wildman–Crippen LogP) is 3.62. The van der Waals surface area contributed by atoms with Gasteiger partial charge in [-0.25, -0.2) is 9.97 Å². The van der Waals surface area contributed by atoms with Gasteiger partial charge in [0.25, 0.3) is 0 Å². The molecule has 0 aliphatic heterocycles. The van der Waals surface area contributed by atoms with Crippen molar-refractivity contribution in [3.63, 3.8) is 0 Å². The minimum absolute atomic E-state index is 0.682. The number of hydrogen-bond acceptors (Lipinski definition) is 5. The Labute approximate surface area is 121 Å². The number of aromatic nitrogens is 2. The lowest BCUT2D eigenvalue weighted by Crippen LogP contribution is -2.01. The SMILES string of the molecule is COc1ccc2ccnc(NCc3nc(C)cs3)c2c1. The molecule has 0 saturated heterocycles. The Bertz CT molecular complexity index is 739. The molecule has 0 bridgehead atoms. The number of benzene rings is 1. The predicted molar refractivity (Wildman–Crippen MR) is 82.5 cm³/mol. The van der Waals surface area contributed by atoms with E-state index in [1.54, 1.807) is 18.4 Å². The van der Waals surface area contributed by atoms with E-state index in [9.17, 15) is 0 Å². The van der Waals surface area contributed by atoms with E-state index < -0.39 is 0 Å². The van der Waals surface area contributed by atoms with Crippen LogP contribution < -0.4 is 10.1 Å². The third kappa shape index (κ3) is 2.58. The van der Waals surface area contributed by atoms with Crippen molar-refractivity contribution in [1.82, 2.24) is 9.97 Å². The van der Waals surface area contributed by atoms with Crippen molar-refractivity contribution >= 4 is 27.9 Å². The summed E-state index contributed by atoms with van der Waals surface area (Å²) in [7, 11) is 1.67. The normalized spacial score (nSPS) is 10.7. The highest BCUT2D eigenvalue weighted by Crippen LogP contribution is 2.26. The number of ether oxygens (including phenoxy) is 1. The first-order valence-electron chi connectivity index (χ1n) is 6.34. The van der Waals surface area contributed by atoms with Gasteiger partial charge >= 0.3 is 0 Å². The molecule has 0 fully saturated rings. The summed E-state index contributed by atoms with van der Waals surface area (Å²) < 4.78 is 5.28. The van der Waals surface area contributed by atoms with Crippen molar-refractivity contribution in [2.24, 2.45) is 0 Å². The van der Waals surface area contributed by atoms with Crippen LogP contribution in [0.15, 0.2) is 35.8 Å². The molecule has 0 atom stereocenters. The van der Waals surface area contributed by atoms with Gasteiger partial charge in [0.15, 0.2) is 0 Å². The Morgan fingerprint density at radius 1 is 1.30 bits per heavy atom. The molecule has 3 aromatic rings. The molecule has 102 valence electrons. The third-order valence-corrected chi connectivity index (χ3v) is 4.01. The lowest BCUT2D eigenvalue weighted by Gasteiger charge is -2.08. The van der Waals surface area contributed by atoms with E-state index in [2.05, 4.69) is 20.7 Å². The van der Waals surface area contributed by atoms with Crippen molar-refractivity contribution in [2.45, 2.75) is 13.5 Å². The van der Waals surface area contributed by atoms with Gasteiger partial charge in [0.05, 0.1) is 13.7 Å². The fraction of sp³-hybridized carbons (Fsp3) is 0.200. The molecule has 0 spiro atoms. The number of fused-ring (bicyclic) bond motifs is 1. The van der Waals surface area contributed by atoms with Crippen molar-refractivity contribution in [3.05, 3.63) is 46.5 Å². The molecule has 1 aromatic carbocycles. The number of thiazole rings is 1. The molecule has 0 amide bonds. The van der Waals surface area contributed by atoms with Crippen LogP contribution in [-0.4, -0.2) is 17.1 Å². The third-order valence-electron chi connectivity index (χ3n) is 3.05. The summed E-state index contributed by atoms with van der Waals surface area (Å²) in [5, 5.41) is 8.65. The second kappa shape index (κ2) is 5.46. The Morgan fingerprint density at radius 3 is 2.95 bits per heavy atom. The van der Waals surface area contributed by atoms with Gasteiger partial charge in [-0.3, -0.25) is 0 Å². The van der Waals surface area contributed by atoms with Crippen LogP contribution in [0.5, 0.6) is 5.75 Å². The second-order valence-corrected chi connectivity index (χ2v) is 5.43. The van der Waals surface area contributed by atoms with Crippen LogP contribution in [0.3, 0.4) is 0 Å². The van der Waals surface area contributed by atoms with Gasteiger partial charge in [0.1, 0.15) is 16.6 Å². The van der Waals surface area contributed by atoms with Gasteiger partial charge < -0.3 is 10.1 Å². The first-order chi connectivity index (χ1) is 9.76. The lowest BCUT2D eigenvalue weighted by molar-refractivity contribution is 0.415. The number of pyridine rings is 1. The maximum Gasteiger partial charge on any atom is 0.134 e. The monoisotopic (exact) mass is 285 g/mol. The van der Waals surface area contributed by atoms with Crippen molar-refractivity contribution in [1.29, 1.82) is 0 Å². The Morgan fingerprint density at radius 2 is 2.20 bits per heavy atom. The summed E-state index contributed by atoms with van der Waals surface area (Å²) in [6.45, 7) is 2.68. The second-order valence-electron chi connectivity index (χ2n) is 4.48. The zero-order chi connectivity index (χ0) is 13.9. The summed E-state index contributed by atoms with van der Waals surface area (Å²) in [4.78, 5) is 8.86.